The van der Waals surface area contributed by atoms with Crippen LogP contribution in [0.2, 0.25) is 0 Å². The van der Waals surface area contributed by atoms with Crippen LogP contribution in [0.5, 0.6) is 0 Å². The molecule has 0 aliphatic carbocycles. The van der Waals surface area contributed by atoms with Crippen molar-refractivity contribution in [2.75, 3.05) is 0 Å². The van der Waals surface area contributed by atoms with Crippen LogP contribution in [0.15, 0.2) is 54.6 Å². The summed E-state index contributed by atoms with van der Waals surface area (Å²) in [6.45, 7) is 2.05. The van der Waals surface area contributed by atoms with Gasteiger partial charge in [-0.1, -0.05) is 48.5 Å². The Bertz CT molecular complexity index is 598. The number of hydrogen-bond donors (Lipinski definition) is 1. The number of hydrogen-bond acceptors (Lipinski definition) is 1. The molecule has 0 amide bonds. The summed E-state index contributed by atoms with van der Waals surface area (Å²) in [4.78, 5) is 10.6. The van der Waals surface area contributed by atoms with Gasteiger partial charge in [0.15, 0.2) is 0 Å². The number of carbonyl (C=O) groups is 1. The summed E-state index contributed by atoms with van der Waals surface area (Å²) in [6, 6.07) is 15.9. The van der Waals surface area contributed by atoms with Gasteiger partial charge in [-0.05, 0) is 35.3 Å². The summed E-state index contributed by atoms with van der Waals surface area (Å²) in [5.41, 5.74) is 4.26. The lowest BCUT2D eigenvalue weighted by Gasteiger charge is -2.09. The van der Waals surface area contributed by atoms with Crippen LogP contribution in [0.4, 0.5) is 0 Å². The Hall–Kier alpha value is -2.35. The molecule has 0 heterocycles. The van der Waals surface area contributed by atoms with Crippen LogP contribution in [0.25, 0.3) is 17.2 Å². The fourth-order valence-electron chi connectivity index (χ4n) is 1.92. The highest BCUT2D eigenvalue weighted by Gasteiger charge is 2.04. The minimum Gasteiger partial charge on any atom is -0.478 e. The lowest BCUT2D eigenvalue weighted by atomic mass is 9.96. The van der Waals surface area contributed by atoms with Crippen molar-refractivity contribution in [2.45, 2.75) is 6.92 Å². The van der Waals surface area contributed by atoms with Gasteiger partial charge < -0.3 is 5.11 Å². The highest BCUT2D eigenvalue weighted by atomic mass is 16.4. The summed E-state index contributed by atoms with van der Waals surface area (Å²) < 4.78 is 0. The first kappa shape index (κ1) is 12.1. The number of carboxylic acids is 1. The third kappa shape index (κ3) is 2.66. The maximum atomic E-state index is 10.6. The third-order valence-electron chi connectivity index (χ3n) is 2.80. The molecule has 18 heavy (non-hydrogen) atoms. The van der Waals surface area contributed by atoms with Crippen LogP contribution >= 0.6 is 0 Å². The Labute approximate surface area is 106 Å². The van der Waals surface area contributed by atoms with Gasteiger partial charge in [-0.3, -0.25) is 0 Å². The molecule has 0 saturated carbocycles. The Morgan fingerprint density at radius 2 is 1.61 bits per heavy atom. The second-order valence-electron chi connectivity index (χ2n) is 4.07. The summed E-state index contributed by atoms with van der Waals surface area (Å²) in [5.74, 6) is -0.936. The first-order chi connectivity index (χ1) is 8.68. The molecule has 2 aromatic carbocycles. The average Bonchev–Trinajstić information content (AvgIpc) is 2.37. The van der Waals surface area contributed by atoms with E-state index in [1.807, 2.05) is 55.5 Å². The van der Waals surface area contributed by atoms with E-state index in [0.717, 1.165) is 22.8 Å². The molecule has 0 fully saturated rings. The fraction of sp³-hybridized carbons (Fsp3) is 0.0625. The molecule has 1 N–H and O–H groups in total. The first-order valence-electron chi connectivity index (χ1n) is 5.74. The van der Waals surface area contributed by atoms with Crippen LogP contribution in [-0.4, -0.2) is 11.1 Å². The standard InChI is InChI=1S/C16H14O2/c1-12-6-2-4-8-14(12)15-9-5-3-7-13(15)10-11-16(17)18/h2-11H,1H3,(H,17,18)/b11-10+. The molecular formula is C16H14O2. The van der Waals surface area contributed by atoms with Crippen molar-refractivity contribution in [3.8, 4) is 11.1 Å². The zero-order valence-corrected chi connectivity index (χ0v) is 10.1. The normalized spacial score (nSPS) is 10.7. The van der Waals surface area contributed by atoms with E-state index in [1.54, 1.807) is 6.08 Å². The Morgan fingerprint density at radius 1 is 1.00 bits per heavy atom. The maximum Gasteiger partial charge on any atom is 0.328 e. The van der Waals surface area contributed by atoms with Crippen molar-refractivity contribution < 1.29 is 9.90 Å². The number of benzene rings is 2. The lowest BCUT2D eigenvalue weighted by molar-refractivity contribution is -0.131. The predicted molar refractivity (Wildman–Crippen MR) is 73.3 cm³/mol. The molecule has 0 spiro atoms. The van der Waals surface area contributed by atoms with E-state index >= 15 is 0 Å². The number of aryl methyl sites for hydroxylation is 1. The second kappa shape index (κ2) is 5.32. The van der Waals surface area contributed by atoms with E-state index in [4.69, 9.17) is 5.11 Å². The summed E-state index contributed by atoms with van der Waals surface area (Å²) >= 11 is 0. The summed E-state index contributed by atoms with van der Waals surface area (Å²) in [5, 5.41) is 8.70. The zero-order valence-electron chi connectivity index (χ0n) is 10.1. The molecule has 0 atom stereocenters. The second-order valence-corrected chi connectivity index (χ2v) is 4.07. The third-order valence-corrected chi connectivity index (χ3v) is 2.80. The van der Waals surface area contributed by atoms with E-state index in [9.17, 15) is 4.79 Å². The zero-order chi connectivity index (χ0) is 13.0. The van der Waals surface area contributed by atoms with Crippen molar-refractivity contribution in [2.24, 2.45) is 0 Å². The van der Waals surface area contributed by atoms with E-state index < -0.39 is 5.97 Å². The SMILES string of the molecule is Cc1ccccc1-c1ccccc1/C=C/C(=O)O. The molecule has 2 heteroatoms. The van der Waals surface area contributed by atoms with Crippen molar-refractivity contribution in [3.63, 3.8) is 0 Å². The molecule has 2 nitrogen and oxygen atoms in total. The Morgan fingerprint density at radius 3 is 2.28 bits per heavy atom. The van der Waals surface area contributed by atoms with E-state index in [-0.39, 0.29) is 0 Å². The number of carboxylic acid groups (broad SMARTS) is 1. The molecule has 0 aliphatic heterocycles. The van der Waals surface area contributed by atoms with Gasteiger partial charge in [-0.2, -0.15) is 0 Å². The number of aliphatic carboxylic acids is 1. The quantitative estimate of drug-likeness (QED) is 0.827. The van der Waals surface area contributed by atoms with Crippen molar-refractivity contribution in [1.82, 2.24) is 0 Å². The van der Waals surface area contributed by atoms with E-state index in [0.29, 0.717) is 0 Å². The molecule has 0 radical (unpaired) electrons. The van der Waals surface area contributed by atoms with Gasteiger partial charge in [-0.25, -0.2) is 4.79 Å². The first-order valence-corrected chi connectivity index (χ1v) is 5.74. The molecule has 2 rings (SSSR count). The highest BCUT2D eigenvalue weighted by molar-refractivity contribution is 5.88. The highest BCUT2D eigenvalue weighted by Crippen LogP contribution is 2.27. The summed E-state index contributed by atoms with van der Waals surface area (Å²) in [6.07, 6.45) is 2.79. The molecule has 0 aromatic heterocycles. The van der Waals surface area contributed by atoms with Crippen LogP contribution in [0.3, 0.4) is 0 Å². The largest absolute Gasteiger partial charge is 0.478 e. The van der Waals surface area contributed by atoms with Crippen molar-refractivity contribution >= 4 is 12.0 Å². The molecule has 2 aromatic rings. The van der Waals surface area contributed by atoms with Crippen LogP contribution in [0, 0.1) is 6.92 Å². The minimum absolute atomic E-state index is 0.911. The molecular weight excluding hydrogens is 224 g/mol. The predicted octanol–water partition coefficient (Wildman–Crippen LogP) is 3.76. The maximum absolute atomic E-state index is 10.6. The molecule has 0 saturated heterocycles. The fourth-order valence-corrected chi connectivity index (χ4v) is 1.92. The van der Waals surface area contributed by atoms with E-state index in [1.165, 1.54) is 5.56 Å². The molecule has 0 aliphatic rings. The number of rotatable bonds is 3. The van der Waals surface area contributed by atoms with Gasteiger partial charge in [0.25, 0.3) is 0 Å². The monoisotopic (exact) mass is 238 g/mol. The molecule has 0 bridgehead atoms. The van der Waals surface area contributed by atoms with Gasteiger partial charge in [0.05, 0.1) is 0 Å². The van der Waals surface area contributed by atoms with Crippen LogP contribution in [0.1, 0.15) is 11.1 Å². The Balaban J connectivity index is 2.52. The summed E-state index contributed by atoms with van der Waals surface area (Å²) in [7, 11) is 0. The van der Waals surface area contributed by atoms with Gasteiger partial charge in [0, 0.05) is 6.08 Å². The molecule has 0 unspecified atom stereocenters. The van der Waals surface area contributed by atoms with Crippen LogP contribution in [-0.2, 0) is 4.79 Å². The van der Waals surface area contributed by atoms with E-state index in [2.05, 4.69) is 0 Å². The Kier molecular flexibility index (Phi) is 3.58. The van der Waals surface area contributed by atoms with Crippen molar-refractivity contribution in [3.05, 3.63) is 65.7 Å². The van der Waals surface area contributed by atoms with Gasteiger partial charge in [0.2, 0.25) is 0 Å². The van der Waals surface area contributed by atoms with Crippen molar-refractivity contribution in [1.29, 1.82) is 0 Å². The molecule has 90 valence electrons. The topological polar surface area (TPSA) is 37.3 Å². The van der Waals surface area contributed by atoms with Crippen LogP contribution < -0.4 is 0 Å². The average molecular weight is 238 g/mol. The van der Waals surface area contributed by atoms with Gasteiger partial charge in [-0.15, -0.1) is 0 Å². The minimum atomic E-state index is -0.936. The van der Waals surface area contributed by atoms with Gasteiger partial charge >= 0.3 is 5.97 Å². The van der Waals surface area contributed by atoms with Gasteiger partial charge in [0.1, 0.15) is 0 Å². The smallest absolute Gasteiger partial charge is 0.328 e. The lowest BCUT2D eigenvalue weighted by Crippen LogP contribution is -1.89.